The van der Waals surface area contributed by atoms with Gasteiger partial charge in [0.1, 0.15) is 13.2 Å². The number of carbonyl (C=O) groups is 2. The second kappa shape index (κ2) is 9.79. The zero-order valence-electron chi connectivity index (χ0n) is 14.0. The molecule has 0 unspecified atom stereocenters. The molecule has 11 nitrogen and oxygen atoms in total. The average Bonchev–Trinajstić information content (AvgIpc) is 2.58. The summed E-state index contributed by atoms with van der Waals surface area (Å²) in [6, 6.07) is 5.04. The lowest BCUT2D eigenvalue weighted by atomic mass is 10.3. The standard InChI is InChI=1S/C14H19N3O8S/c1-16(8-4-7-15-13(18)9-25-10-14(19)20)26(23,24)12-6-3-2-5-11(12)17(21)22/h2-3,5-6H,4,7-10H2,1H3,(H,15,18)(H,19,20). The molecule has 144 valence electrons. The number of aliphatic carboxylic acids is 1. The topological polar surface area (TPSA) is 156 Å². The molecule has 1 amide bonds. The molecule has 0 aromatic heterocycles. The molecule has 0 aliphatic carbocycles. The zero-order valence-corrected chi connectivity index (χ0v) is 14.8. The van der Waals surface area contributed by atoms with E-state index in [1.54, 1.807) is 0 Å². The Hall–Kier alpha value is -2.57. The van der Waals surface area contributed by atoms with Crippen molar-refractivity contribution < 1.29 is 32.8 Å². The Morgan fingerprint density at radius 2 is 1.96 bits per heavy atom. The molecular formula is C14H19N3O8S. The summed E-state index contributed by atoms with van der Waals surface area (Å²) < 4.78 is 30.5. The molecule has 0 bridgehead atoms. The van der Waals surface area contributed by atoms with Crippen molar-refractivity contribution in [3.63, 3.8) is 0 Å². The van der Waals surface area contributed by atoms with Crippen LogP contribution >= 0.6 is 0 Å². The van der Waals surface area contributed by atoms with Gasteiger partial charge >= 0.3 is 5.97 Å². The third-order valence-corrected chi connectivity index (χ3v) is 5.09. The molecule has 0 radical (unpaired) electrons. The van der Waals surface area contributed by atoms with Gasteiger partial charge in [-0.05, 0) is 12.5 Å². The number of carboxylic acids is 1. The van der Waals surface area contributed by atoms with Crippen LogP contribution < -0.4 is 5.32 Å². The van der Waals surface area contributed by atoms with Crippen molar-refractivity contribution in [3.05, 3.63) is 34.4 Å². The number of ether oxygens (including phenoxy) is 1. The first-order valence-corrected chi connectivity index (χ1v) is 8.86. The number of carboxylic acid groups (broad SMARTS) is 1. The minimum Gasteiger partial charge on any atom is -0.480 e. The Morgan fingerprint density at radius 1 is 1.31 bits per heavy atom. The number of hydrogen-bond donors (Lipinski definition) is 2. The largest absolute Gasteiger partial charge is 0.480 e. The summed E-state index contributed by atoms with van der Waals surface area (Å²) in [5.74, 6) is -1.73. The van der Waals surface area contributed by atoms with E-state index in [2.05, 4.69) is 10.1 Å². The predicted octanol–water partition coefficient (Wildman–Crippen LogP) is -0.177. The maximum atomic E-state index is 12.4. The first-order valence-electron chi connectivity index (χ1n) is 7.42. The van der Waals surface area contributed by atoms with Crippen molar-refractivity contribution in [1.29, 1.82) is 0 Å². The molecular weight excluding hydrogens is 370 g/mol. The number of nitrogens with one attached hydrogen (secondary N) is 1. The number of hydrogen-bond acceptors (Lipinski definition) is 7. The van der Waals surface area contributed by atoms with Crippen LogP contribution in [0.4, 0.5) is 5.69 Å². The second-order valence-electron chi connectivity index (χ2n) is 5.14. The second-order valence-corrected chi connectivity index (χ2v) is 7.15. The van der Waals surface area contributed by atoms with Crippen LogP contribution in [0.5, 0.6) is 0 Å². The van der Waals surface area contributed by atoms with Crippen LogP contribution in [0.2, 0.25) is 0 Å². The number of sulfonamides is 1. The van der Waals surface area contributed by atoms with E-state index in [1.807, 2.05) is 0 Å². The maximum absolute atomic E-state index is 12.4. The number of para-hydroxylation sites is 1. The predicted molar refractivity (Wildman–Crippen MR) is 89.0 cm³/mol. The van der Waals surface area contributed by atoms with E-state index in [0.29, 0.717) is 0 Å². The van der Waals surface area contributed by atoms with E-state index < -0.39 is 50.6 Å². The van der Waals surface area contributed by atoms with E-state index in [0.717, 1.165) is 16.4 Å². The summed E-state index contributed by atoms with van der Waals surface area (Å²) in [5.41, 5.74) is -0.511. The SMILES string of the molecule is CN(CCCNC(=O)COCC(=O)O)S(=O)(=O)c1ccccc1[N+](=O)[O-]. The van der Waals surface area contributed by atoms with E-state index in [4.69, 9.17) is 5.11 Å². The fraction of sp³-hybridized carbons (Fsp3) is 0.429. The lowest BCUT2D eigenvalue weighted by Gasteiger charge is -2.17. The highest BCUT2D eigenvalue weighted by Crippen LogP contribution is 2.25. The molecule has 0 saturated carbocycles. The molecule has 0 fully saturated rings. The summed E-state index contributed by atoms with van der Waals surface area (Å²) in [6.45, 7) is -0.864. The van der Waals surface area contributed by atoms with Crippen molar-refractivity contribution in [1.82, 2.24) is 9.62 Å². The molecule has 0 aliphatic heterocycles. The van der Waals surface area contributed by atoms with Gasteiger partial charge in [-0.2, -0.15) is 0 Å². The molecule has 0 atom stereocenters. The van der Waals surface area contributed by atoms with E-state index in [-0.39, 0.29) is 19.5 Å². The first-order chi connectivity index (χ1) is 12.2. The van der Waals surface area contributed by atoms with Crippen LogP contribution in [0, 0.1) is 10.1 Å². The van der Waals surface area contributed by atoms with Gasteiger partial charge < -0.3 is 15.2 Å². The zero-order chi connectivity index (χ0) is 19.7. The molecule has 12 heteroatoms. The van der Waals surface area contributed by atoms with Gasteiger partial charge in [0.25, 0.3) is 5.69 Å². The molecule has 0 saturated heterocycles. The number of nitro benzene ring substituents is 1. The summed E-state index contributed by atoms with van der Waals surface area (Å²) >= 11 is 0. The van der Waals surface area contributed by atoms with Crippen LogP contribution in [-0.2, 0) is 24.3 Å². The van der Waals surface area contributed by atoms with E-state index in [9.17, 15) is 28.1 Å². The number of nitro groups is 1. The summed E-state index contributed by atoms with van der Waals surface area (Å²) in [6.07, 6.45) is 0.251. The van der Waals surface area contributed by atoms with Gasteiger partial charge in [-0.3, -0.25) is 14.9 Å². The van der Waals surface area contributed by atoms with Gasteiger partial charge in [0.2, 0.25) is 15.9 Å². The van der Waals surface area contributed by atoms with Gasteiger partial charge in [-0.15, -0.1) is 0 Å². The molecule has 0 spiro atoms. The molecule has 0 heterocycles. The molecule has 2 N–H and O–H groups in total. The highest BCUT2D eigenvalue weighted by molar-refractivity contribution is 7.89. The number of rotatable bonds is 11. The van der Waals surface area contributed by atoms with Crippen LogP contribution in [0.3, 0.4) is 0 Å². The number of nitrogens with zero attached hydrogens (tertiary/aromatic N) is 2. The lowest BCUT2D eigenvalue weighted by molar-refractivity contribution is -0.387. The van der Waals surface area contributed by atoms with Crippen molar-refractivity contribution in [3.8, 4) is 0 Å². The fourth-order valence-corrected chi connectivity index (χ4v) is 3.29. The Morgan fingerprint density at radius 3 is 2.58 bits per heavy atom. The summed E-state index contributed by atoms with van der Waals surface area (Å²) in [4.78, 5) is 31.4. The van der Waals surface area contributed by atoms with Gasteiger partial charge in [0, 0.05) is 26.2 Å². The Kier molecular flexibility index (Phi) is 8.09. The molecule has 1 rings (SSSR count). The van der Waals surface area contributed by atoms with Gasteiger partial charge in [-0.1, -0.05) is 12.1 Å². The van der Waals surface area contributed by atoms with Crippen LogP contribution in [0.25, 0.3) is 0 Å². The van der Waals surface area contributed by atoms with E-state index in [1.165, 1.54) is 19.2 Å². The van der Waals surface area contributed by atoms with Crippen molar-refractivity contribution in [2.24, 2.45) is 0 Å². The normalized spacial score (nSPS) is 11.3. The van der Waals surface area contributed by atoms with Crippen molar-refractivity contribution in [2.75, 3.05) is 33.4 Å². The monoisotopic (exact) mass is 389 g/mol. The smallest absolute Gasteiger partial charge is 0.329 e. The Labute approximate surface area is 149 Å². The summed E-state index contributed by atoms with van der Waals surface area (Å²) in [7, 11) is -2.77. The molecule has 26 heavy (non-hydrogen) atoms. The van der Waals surface area contributed by atoms with Crippen LogP contribution in [0.1, 0.15) is 6.42 Å². The number of benzene rings is 1. The minimum absolute atomic E-state index is 0.0185. The molecule has 0 aliphatic rings. The van der Waals surface area contributed by atoms with Crippen molar-refractivity contribution in [2.45, 2.75) is 11.3 Å². The van der Waals surface area contributed by atoms with Crippen LogP contribution in [0.15, 0.2) is 29.2 Å². The fourth-order valence-electron chi connectivity index (χ4n) is 1.93. The van der Waals surface area contributed by atoms with Gasteiger partial charge in [-0.25, -0.2) is 17.5 Å². The molecule has 1 aromatic rings. The van der Waals surface area contributed by atoms with E-state index >= 15 is 0 Å². The Balaban J connectivity index is 2.53. The maximum Gasteiger partial charge on any atom is 0.329 e. The van der Waals surface area contributed by atoms with Gasteiger partial charge in [0.15, 0.2) is 4.90 Å². The summed E-state index contributed by atoms with van der Waals surface area (Å²) in [5, 5.41) is 21.8. The first kappa shape index (κ1) is 21.5. The van der Waals surface area contributed by atoms with Crippen LogP contribution in [-0.4, -0.2) is 68.0 Å². The highest BCUT2D eigenvalue weighted by Gasteiger charge is 2.28. The third-order valence-electron chi connectivity index (χ3n) is 3.18. The van der Waals surface area contributed by atoms with Gasteiger partial charge in [0.05, 0.1) is 4.92 Å². The minimum atomic E-state index is -4.05. The van der Waals surface area contributed by atoms with Crippen molar-refractivity contribution >= 4 is 27.6 Å². The quantitative estimate of drug-likeness (QED) is 0.300. The number of carbonyl (C=O) groups excluding carboxylic acids is 1. The molecule has 1 aromatic carbocycles. The average molecular weight is 389 g/mol. The lowest BCUT2D eigenvalue weighted by Crippen LogP contribution is -2.33. The Bertz CT molecular complexity index is 765. The highest BCUT2D eigenvalue weighted by atomic mass is 32.2. The number of amides is 1. The third kappa shape index (κ3) is 6.38.